The maximum atomic E-state index is 12.0. The summed E-state index contributed by atoms with van der Waals surface area (Å²) in [6, 6.07) is 5.99. The highest BCUT2D eigenvalue weighted by Crippen LogP contribution is 2.29. The van der Waals surface area contributed by atoms with E-state index in [0.29, 0.717) is 11.6 Å². The molecule has 1 N–H and O–H groups in total. The van der Waals surface area contributed by atoms with Gasteiger partial charge < -0.3 is 9.73 Å². The molecule has 26 heavy (non-hydrogen) atoms. The second-order valence-corrected chi connectivity index (χ2v) is 7.86. The summed E-state index contributed by atoms with van der Waals surface area (Å²) in [4.78, 5) is 26.2. The van der Waals surface area contributed by atoms with Gasteiger partial charge >= 0.3 is 5.63 Å². The molecule has 1 aromatic carbocycles. The van der Waals surface area contributed by atoms with E-state index in [-0.39, 0.29) is 17.5 Å². The van der Waals surface area contributed by atoms with Crippen LogP contribution < -0.4 is 10.9 Å². The first kappa shape index (κ1) is 17.3. The average molecular weight is 354 g/mol. The molecule has 2 fully saturated rings. The van der Waals surface area contributed by atoms with Crippen molar-refractivity contribution in [3.63, 3.8) is 0 Å². The monoisotopic (exact) mass is 354 g/mol. The van der Waals surface area contributed by atoms with Gasteiger partial charge in [-0.3, -0.25) is 9.69 Å². The number of fused-ring (bicyclic) bond motifs is 1. The van der Waals surface area contributed by atoms with Crippen LogP contribution in [0.15, 0.2) is 27.4 Å². The fourth-order valence-corrected chi connectivity index (χ4v) is 3.75. The van der Waals surface area contributed by atoms with Crippen molar-refractivity contribution in [1.82, 2.24) is 10.2 Å². The lowest BCUT2D eigenvalue weighted by Crippen LogP contribution is -2.44. The zero-order valence-electron chi connectivity index (χ0n) is 15.5. The molecule has 1 aromatic heterocycles. The summed E-state index contributed by atoms with van der Waals surface area (Å²) in [5, 5.41) is 4.21. The van der Waals surface area contributed by atoms with Crippen LogP contribution in [0.4, 0.5) is 0 Å². The van der Waals surface area contributed by atoms with E-state index in [1.54, 1.807) is 6.07 Å². The van der Waals surface area contributed by atoms with E-state index in [1.807, 2.05) is 13.0 Å². The van der Waals surface area contributed by atoms with Crippen LogP contribution in [-0.4, -0.2) is 29.9 Å². The number of amides is 1. The SMILES string of the molecule is Cc1cc2oc(=O)cc(CN3CCC(NC(=O)C4CC4)CC3)c2cc1C. The number of carbonyl (C=O) groups is 1. The number of carbonyl (C=O) groups excluding carboxylic acids is 1. The Labute approximate surface area is 153 Å². The molecule has 5 heteroatoms. The van der Waals surface area contributed by atoms with Gasteiger partial charge in [0, 0.05) is 43.0 Å². The van der Waals surface area contributed by atoms with Crippen LogP contribution in [0.5, 0.6) is 0 Å². The number of nitrogens with one attached hydrogen (secondary N) is 1. The second-order valence-electron chi connectivity index (χ2n) is 7.86. The quantitative estimate of drug-likeness (QED) is 0.858. The van der Waals surface area contributed by atoms with Crippen molar-refractivity contribution >= 4 is 16.9 Å². The molecule has 1 saturated carbocycles. The summed E-state index contributed by atoms with van der Waals surface area (Å²) >= 11 is 0. The molecule has 0 radical (unpaired) electrons. The first-order chi connectivity index (χ1) is 12.5. The van der Waals surface area contributed by atoms with E-state index in [4.69, 9.17) is 4.42 Å². The van der Waals surface area contributed by atoms with Gasteiger partial charge in [0.1, 0.15) is 5.58 Å². The molecule has 1 amide bonds. The van der Waals surface area contributed by atoms with Gasteiger partial charge in [0.05, 0.1) is 0 Å². The van der Waals surface area contributed by atoms with E-state index < -0.39 is 0 Å². The summed E-state index contributed by atoms with van der Waals surface area (Å²) in [5.41, 5.74) is 3.74. The number of hydrogen-bond donors (Lipinski definition) is 1. The minimum atomic E-state index is -0.290. The highest BCUT2D eigenvalue weighted by Gasteiger charge is 2.31. The molecule has 2 aromatic rings. The molecule has 0 bridgehead atoms. The van der Waals surface area contributed by atoms with Crippen LogP contribution in [0.3, 0.4) is 0 Å². The molecule has 2 heterocycles. The first-order valence-electron chi connectivity index (χ1n) is 9.56. The van der Waals surface area contributed by atoms with Crippen LogP contribution in [-0.2, 0) is 11.3 Å². The summed E-state index contributed by atoms with van der Waals surface area (Å²) < 4.78 is 5.39. The Bertz CT molecular complexity index is 890. The number of benzene rings is 1. The lowest BCUT2D eigenvalue weighted by molar-refractivity contribution is -0.123. The number of rotatable bonds is 4. The summed E-state index contributed by atoms with van der Waals surface area (Å²) in [6.07, 6.45) is 4.03. The topological polar surface area (TPSA) is 62.6 Å². The van der Waals surface area contributed by atoms with Crippen molar-refractivity contribution in [3.8, 4) is 0 Å². The average Bonchev–Trinajstić information content (AvgIpc) is 3.43. The smallest absolute Gasteiger partial charge is 0.336 e. The van der Waals surface area contributed by atoms with Gasteiger partial charge in [0.25, 0.3) is 0 Å². The van der Waals surface area contributed by atoms with E-state index >= 15 is 0 Å². The minimum absolute atomic E-state index is 0.237. The highest BCUT2D eigenvalue weighted by molar-refractivity contribution is 5.82. The van der Waals surface area contributed by atoms with Crippen molar-refractivity contribution < 1.29 is 9.21 Å². The molecule has 0 spiro atoms. The lowest BCUT2D eigenvalue weighted by atomic mass is 10.0. The summed E-state index contributed by atoms with van der Waals surface area (Å²) in [5.74, 6) is 0.510. The Balaban J connectivity index is 1.45. The van der Waals surface area contributed by atoms with Gasteiger partial charge in [0.2, 0.25) is 5.91 Å². The Morgan fingerprint density at radius 1 is 1.12 bits per heavy atom. The Morgan fingerprint density at radius 2 is 1.81 bits per heavy atom. The van der Waals surface area contributed by atoms with Crippen LogP contribution in [0.2, 0.25) is 0 Å². The molecular formula is C21H26N2O3. The van der Waals surface area contributed by atoms with Gasteiger partial charge in [-0.1, -0.05) is 0 Å². The highest BCUT2D eigenvalue weighted by atomic mass is 16.4. The van der Waals surface area contributed by atoms with Crippen LogP contribution in [0.1, 0.15) is 42.4 Å². The predicted octanol–water partition coefficient (Wildman–Crippen LogP) is 2.90. The molecule has 0 unspecified atom stereocenters. The van der Waals surface area contributed by atoms with Crippen LogP contribution >= 0.6 is 0 Å². The zero-order valence-corrected chi connectivity index (χ0v) is 15.5. The second kappa shape index (κ2) is 6.88. The maximum Gasteiger partial charge on any atom is 0.336 e. The fourth-order valence-electron chi connectivity index (χ4n) is 3.75. The number of piperidine rings is 1. The van der Waals surface area contributed by atoms with Crippen molar-refractivity contribution in [2.75, 3.05) is 13.1 Å². The maximum absolute atomic E-state index is 12.0. The molecule has 4 rings (SSSR count). The molecule has 1 saturated heterocycles. The third-order valence-electron chi connectivity index (χ3n) is 5.72. The predicted molar refractivity (Wildman–Crippen MR) is 101 cm³/mol. The van der Waals surface area contributed by atoms with Gasteiger partial charge in [-0.25, -0.2) is 4.79 Å². The Morgan fingerprint density at radius 3 is 2.50 bits per heavy atom. The standard InChI is InChI=1S/C21H26N2O3/c1-13-9-18-16(11-20(24)26-19(18)10-14(13)2)12-23-7-5-17(6-8-23)22-21(25)15-3-4-15/h9-11,15,17H,3-8,12H2,1-2H3,(H,22,25). The molecule has 0 atom stereocenters. The van der Waals surface area contributed by atoms with E-state index in [2.05, 4.69) is 23.2 Å². The van der Waals surface area contributed by atoms with Gasteiger partial charge in [0.15, 0.2) is 0 Å². The van der Waals surface area contributed by atoms with Crippen molar-refractivity contribution in [2.45, 2.75) is 52.1 Å². The van der Waals surface area contributed by atoms with Gasteiger partial charge in [-0.05, 0) is 68.4 Å². The number of likely N-dealkylation sites (tertiary alicyclic amines) is 1. The first-order valence-corrected chi connectivity index (χ1v) is 9.56. The normalized spacial score (nSPS) is 19.0. The zero-order chi connectivity index (χ0) is 18.3. The van der Waals surface area contributed by atoms with Gasteiger partial charge in [-0.2, -0.15) is 0 Å². The Hall–Kier alpha value is -2.14. The van der Waals surface area contributed by atoms with E-state index in [0.717, 1.165) is 61.8 Å². The third-order valence-corrected chi connectivity index (χ3v) is 5.72. The molecule has 2 aliphatic rings. The molecule has 1 aliphatic heterocycles. The summed E-state index contributed by atoms with van der Waals surface area (Å²) in [6.45, 7) is 6.72. The van der Waals surface area contributed by atoms with E-state index in [9.17, 15) is 9.59 Å². The van der Waals surface area contributed by atoms with Crippen LogP contribution in [0, 0.1) is 19.8 Å². The molecule has 1 aliphatic carbocycles. The lowest BCUT2D eigenvalue weighted by Gasteiger charge is -2.32. The molecular weight excluding hydrogens is 328 g/mol. The minimum Gasteiger partial charge on any atom is -0.423 e. The van der Waals surface area contributed by atoms with E-state index in [1.165, 1.54) is 5.56 Å². The van der Waals surface area contributed by atoms with Crippen molar-refractivity contribution in [2.24, 2.45) is 5.92 Å². The third kappa shape index (κ3) is 3.68. The number of hydrogen-bond acceptors (Lipinski definition) is 4. The number of nitrogens with zero attached hydrogens (tertiary/aromatic N) is 1. The van der Waals surface area contributed by atoms with Crippen molar-refractivity contribution in [3.05, 3.63) is 45.3 Å². The Kier molecular flexibility index (Phi) is 4.57. The summed E-state index contributed by atoms with van der Waals surface area (Å²) in [7, 11) is 0. The van der Waals surface area contributed by atoms with Crippen LogP contribution in [0.25, 0.3) is 11.0 Å². The molecule has 5 nitrogen and oxygen atoms in total. The molecule has 138 valence electrons. The largest absolute Gasteiger partial charge is 0.423 e. The fraction of sp³-hybridized carbons (Fsp3) is 0.524. The van der Waals surface area contributed by atoms with Crippen molar-refractivity contribution in [1.29, 1.82) is 0 Å². The van der Waals surface area contributed by atoms with Gasteiger partial charge in [-0.15, -0.1) is 0 Å². The number of aryl methyl sites for hydroxylation is 2.